The molecule has 0 aromatic carbocycles. The molecule has 1 heterocycles. The van der Waals surface area contributed by atoms with Gasteiger partial charge in [-0.25, -0.2) is 0 Å². The second-order valence-electron chi connectivity index (χ2n) is 5.77. The Morgan fingerprint density at radius 3 is 2.13 bits per heavy atom. The molecule has 15 heavy (non-hydrogen) atoms. The standard InChI is InChI=1S/C12H22O3/c1-11(2,3)10(13)6-9-7-14-12(4,5)15-8-9/h9H,6-8H2,1-5H3. The lowest BCUT2D eigenvalue weighted by atomic mass is 9.85. The summed E-state index contributed by atoms with van der Waals surface area (Å²) < 4.78 is 11.0. The average molecular weight is 214 g/mol. The Labute approximate surface area is 92.1 Å². The number of Topliss-reactive ketones (excluding diaryl/α,β-unsaturated/α-hetero) is 1. The van der Waals surface area contributed by atoms with Crippen molar-refractivity contribution >= 4 is 5.78 Å². The van der Waals surface area contributed by atoms with Gasteiger partial charge in [-0.1, -0.05) is 20.8 Å². The maximum absolute atomic E-state index is 11.8. The summed E-state index contributed by atoms with van der Waals surface area (Å²) >= 11 is 0. The van der Waals surface area contributed by atoms with Crippen molar-refractivity contribution in [2.45, 2.75) is 46.8 Å². The first-order chi connectivity index (χ1) is 6.71. The van der Waals surface area contributed by atoms with Crippen LogP contribution in [0.25, 0.3) is 0 Å². The fourth-order valence-electron chi connectivity index (χ4n) is 1.41. The van der Waals surface area contributed by atoms with Crippen molar-refractivity contribution in [1.29, 1.82) is 0 Å². The molecule has 3 nitrogen and oxygen atoms in total. The molecule has 3 heteroatoms. The summed E-state index contributed by atoms with van der Waals surface area (Å²) in [4.78, 5) is 11.8. The number of ketones is 1. The third-order valence-electron chi connectivity index (χ3n) is 2.64. The highest BCUT2D eigenvalue weighted by Crippen LogP contribution is 2.26. The highest BCUT2D eigenvalue weighted by molar-refractivity contribution is 5.83. The van der Waals surface area contributed by atoms with Crippen LogP contribution in [0, 0.1) is 11.3 Å². The van der Waals surface area contributed by atoms with Crippen LogP contribution in [-0.4, -0.2) is 24.8 Å². The lowest BCUT2D eigenvalue weighted by Gasteiger charge is -2.35. The van der Waals surface area contributed by atoms with Crippen molar-refractivity contribution in [3.8, 4) is 0 Å². The molecule has 0 bridgehead atoms. The molecule has 88 valence electrons. The van der Waals surface area contributed by atoms with Crippen LogP contribution in [0.3, 0.4) is 0 Å². The van der Waals surface area contributed by atoms with Gasteiger partial charge in [0.25, 0.3) is 0 Å². The predicted octanol–water partition coefficient (Wildman–Crippen LogP) is 2.39. The second-order valence-corrected chi connectivity index (χ2v) is 5.77. The summed E-state index contributed by atoms with van der Waals surface area (Å²) in [6, 6.07) is 0. The molecule has 0 N–H and O–H groups in total. The molecular weight excluding hydrogens is 192 g/mol. The molecule has 0 aromatic rings. The van der Waals surface area contributed by atoms with Crippen molar-refractivity contribution in [3.63, 3.8) is 0 Å². The van der Waals surface area contributed by atoms with Crippen molar-refractivity contribution in [3.05, 3.63) is 0 Å². The summed E-state index contributed by atoms with van der Waals surface area (Å²) in [5.41, 5.74) is -0.257. The van der Waals surface area contributed by atoms with Crippen molar-refractivity contribution in [1.82, 2.24) is 0 Å². The minimum absolute atomic E-state index is 0.213. The molecule has 0 saturated carbocycles. The quantitative estimate of drug-likeness (QED) is 0.708. The fourth-order valence-corrected chi connectivity index (χ4v) is 1.41. The summed E-state index contributed by atoms with van der Waals surface area (Å²) in [5, 5.41) is 0. The van der Waals surface area contributed by atoms with E-state index in [1.807, 2.05) is 34.6 Å². The van der Waals surface area contributed by atoms with Gasteiger partial charge in [0, 0.05) is 17.8 Å². The van der Waals surface area contributed by atoms with Crippen LogP contribution in [0.4, 0.5) is 0 Å². The van der Waals surface area contributed by atoms with Gasteiger partial charge in [-0.3, -0.25) is 4.79 Å². The molecule has 1 saturated heterocycles. The molecule has 1 rings (SSSR count). The highest BCUT2D eigenvalue weighted by Gasteiger charge is 2.31. The summed E-state index contributed by atoms with van der Waals surface area (Å²) in [5.74, 6) is 0.00512. The van der Waals surface area contributed by atoms with E-state index >= 15 is 0 Å². The molecule has 1 fully saturated rings. The summed E-state index contributed by atoms with van der Waals surface area (Å²) in [7, 11) is 0. The minimum Gasteiger partial charge on any atom is -0.350 e. The van der Waals surface area contributed by atoms with Crippen molar-refractivity contribution in [2.75, 3.05) is 13.2 Å². The Hall–Kier alpha value is -0.410. The third kappa shape index (κ3) is 3.92. The topological polar surface area (TPSA) is 35.5 Å². The Balaban J connectivity index is 2.40. The van der Waals surface area contributed by atoms with Crippen LogP contribution in [0.5, 0.6) is 0 Å². The average Bonchev–Trinajstić information content (AvgIpc) is 2.07. The van der Waals surface area contributed by atoms with Gasteiger partial charge in [0.15, 0.2) is 5.79 Å². The van der Waals surface area contributed by atoms with Gasteiger partial charge in [0.1, 0.15) is 5.78 Å². The van der Waals surface area contributed by atoms with Crippen LogP contribution in [0.1, 0.15) is 41.0 Å². The first-order valence-electron chi connectivity index (χ1n) is 5.52. The largest absolute Gasteiger partial charge is 0.350 e. The molecular formula is C12H22O3. The van der Waals surface area contributed by atoms with Gasteiger partial charge in [0.05, 0.1) is 13.2 Å². The zero-order valence-electron chi connectivity index (χ0n) is 10.4. The van der Waals surface area contributed by atoms with E-state index in [4.69, 9.17) is 9.47 Å². The predicted molar refractivity (Wildman–Crippen MR) is 58.6 cm³/mol. The Kier molecular flexibility index (Phi) is 3.56. The van der Waals surface area contributed by atoms with Crippen molar-refractivity contribution in [2.24, 2.45) is 11.3 Å². The number of carbonyl (C=O) groups is 1. The van der Waals surface area contributed by atoms with Crippen LogP contribution in [0.15, 0.2) is 0 Å². The Morgan fingerprint density at radius 2 is 1.73 bits per heavy atom. The zero-order valence-corrected chi connectivity index (χ0v) is 10.4. The van der Waals surface area contributed by atoms with Gasteiger partial charge in [0.2, 0.25) is 0 Å². The molecule has 0 aromatic heterocycles. The molecule has 1 aliphatic heterocycles. The van der Waals surface area contributed by atoms with Crippen LogP contribution >= 0.6 is 0 Å². The van der Waals surface area contributed by atoms with Gasteiger partial charge in [-0.15, -0.1) is 0 Å². The molecule has 0 atom stereocenters. The first-order valence-corrected chi connectivity index (χ1v) is 5.52. The normalized spacial score (nSPS) is 22.7. The van der Waals surface area contributed by atoms with E-state index in [2.05, 4.69) is 0 Å². The molecule has 0 unspecified atom stereocenters. The highest BCUT2D eigenvalue weighted by atomic mass is 16.7. The lowest BCUT2D eigenvalue weighted by Crippen LogP contribution is -2.40. The van der Waals surface area contributed by atoms with Crippen LogP contribution < -0.4 is 0 Å². The van der Waals surface area contributed by atoms with E-state index in [-0.39, 0.29) is 17.1 Å². The summed E-state index contributed by atoms with van der Waals surface area (Å²) in [6.07, 6.45) is 0.555. The number of rotatable bonds is 2. The SMILES string of the molecule is CC1(C)OCC(CC(=O)C(C)(C)C)CO1. The molecule has 0 spiro atoms. The zero-order chi connectivity index (χ0) is 11.7. The molecule has 0 amide bonds. The monoisotopic (exact) mass is 214 g/mol. The van der Waals surface area contributed by atoms with E-state index < -0.39 is 5.79 Å². The van der Waals surface area contributed by atoms with Crippen LogP contribution in [0.2, 0.25) is 0 Å². The lowest BCUT2D eigenvalue weighted by molar-refractivity contribution is -0.262. The number of ether oxygens (including phenoxy) is 2. The van der Waals surface area contributed by atoms with Gasteiger partial charge >= 0.3 is 0 Å². The van der Waals surface area contributed by atoms with E-state index in [1.54, 1.807) is 0 Å². The fraction of sp³-hybridized carbons (Fsp3) is 0.917. The maximum Gasteiger partial charge on any atom is 0.162 e. The molecule has 0 radical (unpaired) electrons. The maximum atomic E-state index is 11.8. The first kappa shape index (κ1) is 12.7. The van der Waals surface area contributed by atoms with E-state index in [9.17, 15) is 4.79 Å². The van der Waals surface area contributed by atoms with Crippen LogP contribution in [-0.2, 0) is 14.3 Å². The summed E-state index contributed by atoms with van der Waals surface area (Å²) in [6.45, 7) is 10.9. The van der Waals surface area contributed by atoms with E-state index in [0.29, 0.717) is 19.6 Å². The minimum atomic E-state index is -0.485. The van der Waals surface area contributed by atoms with Gasteiger partial charge < -0.3 is 9.47 Å². The van der Waals surface area contributed by atoms with Gasteiger partial charge in [-0.2, -0.15) is 0 Å². The molecule has 0 aliphatic carbocycles. The third-order valence-corrected chi connectivity index (χ3v) is 2.64. The number of carbonyl (C=O) groups excluding carboxylic acids is 1. The number of hydrogen-bond acceptors (Lipinski definition) is 3. The van der Waals surface area contributed by atoms with Crippen molar-refractivity contribution < 1.29 is 14.3 Å². The second kappa shape index (κ2) is 4.22. The van der Waals surface area contributed by atoms with E-state index in [0.717, 1.165) is 0 Å². The Morgan fingerprint density at radius 1 is 1.27 bits per heavy atom. The Bertz CT molecular complexity index is 228. The van der Waals surface area contributed by atoms with Gasteiger partial charge in [-0.05, 0) is 13.8 Å². The number of hydrogen-bond donors (Lipinski definition) is 0. The van der Waals surface area contributed by atoms with E-state index in [1.165, 1.54) is 0 Å². The molecule has 1 aliphatic rings. The smallest absolute Gasteiger partial charge is 0.162 e.